The van der Waals surface area contributed by atoms with E-state index < -0.39 is 59.5 Å². The topological polar surface area (TPSA) is 160 Å². The second-order valence-electron chi connectivity index (χ2n) is 8.42. The molecule has 0 radical (unpaired) electrons. The molecule has 0 bridgehead atoms. The third-order valence-electron chi connectivity index (χ3n) is 4.48. The lowest BCUT2D eigenvalue weighted by Gasteiger charge is -2.28. The van der Waals surface area contributed by atoms with Gasteiger partial charge in [-0.15, -0.1) is 0 Å². The Morgan fingerprint density at radius 1 is 0.967 bits per heavy atom. The summed E-state index contributed by atoms with van der Waals surface area (Å²) in [5, 5.41) is 7.43. The summed E-state index contributed by atoms with van der Waals surface area (Å²) in [4.78, 5) is 61.8. The molecule has 4 atom stereocenters. The Bertz CT molecular complexity index is 689. The fourth-order valence-electron chi connectivity index (χ4n) is 2.88. The summed E-state index contributed by atoms with van der Waals surface area (Å²) in [6.07, 6.45) is 0.316. The van der Waals surface area contributed by atoms with Crippen LogP contribution in [-0.2, 0) is 23.9 Å². The lowest BCUT2D eigenvalue weighted by molar-refractivity contribution is -0.141. The smallest absolute Gasteiger partial charge is 0.408 e. The Morgan fingerprint density at radius 2 is 1.57 bits per heavy atom. The SMILES string of the molecule is C[C@H](NC(=O)[C@@H]1CCCN1C(=O)[C@H](C)NC(=O)[C@H](C)NC(=O)OC(C)(C)C)C(N)=O. The maximum absolute atomic E-state index is 12.8. The summed E-state index contributed by atoms with van der Waals surface area (Å²) in [6.45, 7) is 9.88. The van der Waals surface area contributed by atoms with Crippen LogP contribution in [0.5, 0.6) is 0 Å². The average Bonchev–Trinajstić information content (AvgIpc) is 3.08. The molecule has 0 spiro atoms. The minimum Gasteiger partial charge on any atom is -0.444 e. The highest BCUT2D eigenvalue weighted by Gasteiger charge is 2.37. The van der Waals surface area contributed by atoms with Gasteiger partial charge < -0.3 is 31.3 Å². The van der Waals surface area contributed by atoms with Gasteiger partial charge in [-0.3, -0.25) is 19.2 Å². The van der Waals surface area contributed by atoms with Crippen LogP contribution in [0.15, 0.2) is 0 Å². The largest absolute Gasteiger partial charge is 0.444 e. The number of amides is 5. The second kappa shape index (κ2) is 10.3. The highest BCUT2D eigenvalue weighted by atomic mass is 16.6. The number of hydrogen-bond donors (Lipinski definition) is 4. The standard InChI is InChI=1S/C19H33N5O6/c1-10(14(20)25)21-16(27)13-8-7-9-24(13)17(28)12(3)22-15(26)11(2)23-18(29)30-19(4,5)6/h10-13H,7-9H2,1-6H3,(H2,20,25)(H,21,27)(H,22,26)(H,23,29)/t10-,11-,12-,13-/m0/s1. The van der Waals surface area contributed by atoms with Gasteiger partial charge in [-0.05, 0) is 54.4 Å². The van der Waals surface area contributed by atoms with E-state index in [1.54, 1.807) is 20.8 Å². The molecule has 170 valence electrons. The summed E-state index contributed by atoms with van der Waals surface area (Å²) in [5.41, 5.74) is 4.45. The van der Waals surface area contributed by atoms with Gasteiger partial charge in [-0.25, -0.2) is 4.79 Å². The van der Waals surface area contributed by atoms with E-state index in [0.29, 0.717) is 19.4 Å². The molecular weight excluding hydrogens is 394 g/mol. The molecule has 0 aromatic heterocycles. The number of carbonyl (C=O) groups excluding carboxylic acids is 5. The van der Waals surface area contributed by atoms with Gasteiger partial charge in [-0.2, -0.15) is 0 Å². The van der Waals surface area contributed by atoms with Crippen LogP contribution in [0, 0.1) is 0 Å². The van der Waals surface area contributed by atoms with Gasteiger partial charge in [0.25, 0.3) is 0 Å². The lowest BCUT2D eigenvalue weighted by Crippen LogP contribution is -2.56. The maximum atomic E-state index is 12.8. The Morgan fingerprint density at radius 3 is 2.10 bits per heavy atom. The molecule has 1 rings (SSSR count). The summed E-state index contributed by atoms with van der Waals surface area (Å²) in [7, 11) is 0. The van der Waals surface area contributed by atoms with E-state index in [-0.39, 0.29) is 0 Å². The van der Waals surface area contributed by atoms with E-state index >= 15 is 0 Å². The highest BCUT2D eigenvalue weighted by Crippen LogP contribution is 2.19. The van der Waals surface area contributed by atoms with Crippen molar-refractivity contribution in [3.05, 3.63) is 0 Å². The Labute approximate surface area is 176 Å². The summed E-state index contributed by atoms with van der Waals surface area (Å²) >= 11 is 0. The molecule has 11 heteroatoms. The average molecular weight is 428 g/mol. The molecule has 0 aromatic rings. The predicted octanol–water partition coefficient (Wildman–Crippen LogP) is -0.615. The van der Waals surface area contributed by atoms with Crippen LogP contribution in [0.1, 0.15) is 54.4 Å². The molecule has 11 nitrogen and oxygen atoms in total. The van der Waals surface area contributed by atoms with Crippen LogP contribution < -0.4 is 21.7 Å². The van der Waals surface area contributed by atoms with Gasteiger partial charge in [0.1, 0.15) is 29.8 Å². The quantitative estimate of drug-likeness (QED) is 0.424. The van der Waals surface area contributed by atoms with Crippen molar-refractivity contribution in [2.45, 2.75) is 84.2 Å². The molecule has 5 amide bonds. The molecule has 1 saturated heterocycles. The zero-order valence-electron chi connectivity index (χ0n) is 18.4. The van der Waals surface area contributed by atoms with Crippen LogP contribution in [0.4, 0.5) is 4.79 Å². The van der Waals surface area contributed by atoms with Crippen LogP contribution in [-0.4, -0.2) is 70.9 Å². The molecule has 1 heterocycles. The van der Waals surface area contributed by atoms with Crippen LogP contribution in [0.2, 0.25) is 0 Å². The van der Waals surface area contributed by atoms with Crippen LogP contribution in [0.25, 0.3) is 0 Å². The fraction of sp³-hybridized carbons (Fsp3) is 0.737. The normalized spacial score (nSPS) is 19.3. The fourth-order valence-corrected chi connectivity index (χ4v) is 2.88. The minimum atomic E-state index is -0.927. The Balaban J connectivity index is 2.65. The van der Waals surface area contributed by atoms with Gasteiger partial charge in [0.2, 0.25) is 23.6 Å². The van der Waals surface area contributed by atoms with Crippen molar-refractivity contribution >= 4 is 29.7 Å². The first-order valence-electron chi connectivity index (χ1n) is 9.93. The van der Waals surface area contributed by atoms with Crippen molar-refractivity contribution in [3.8, 4) is 0 Å². The number of ether oxygens (including phenoxy) is 1. The molecule has 0 aromatic carbocycles. The number of alkyl carbamates (subject to hydrolysis) is 1. The van der Waals surface area contributed by atoms with E-state index in [2.05, 4.69) is 16.0 Å². The van der Waals surface area contributed by atoms with E-state index in [4.69, 9.17) is 10.5 Å². The number of likely N-dealkylation sites (tertiary alicyclic amines) is 1. The van der Waals surface area contributed by atoms with E-state index in [0.717, 1.165) is 0 Å². The minimum absolute atomic E-state index is 0.355. The van der Waals surface area contributed by atoms with Gasteiger partial charge in [-0.1, -0.05) is 0 Å². The third-order valence-corrected chi connectivity index (χ3v) is 4.48. The van der Waals surface area contributed by atoms with Gasteiger partial charge in [0.05, 0.1) is 0 Å². The number of hydrogen-bond acceptors (Lipinski definition) is 6. The van der Waals surface area contributed by atoms with Crippen molar-refractivity contribution in [2.75, 3.05) is 6.54 Å². The Kier molecular flexibility index (Phi) is 8.61. The Hall–Kier alpha value is -2.85. The first-order chi connectivity index (χ1) is 13.7. The zero-order valence-corrected chi connectivity index (χ0v) is 18.4. The second-order valence-corrected chi connectivity index (χ2v) is 8.42. The summed E-state index contributed by atoms with van der Waals surface area (Å²) in [6, 6.07) is -3.44. The number of rotatable bonds is 7. The van der Waals surface area contributed by atoms with Crippen LogP contribution in [0.3, 0.4) is 0 Å². The molecule has 30 heavy (non-hydrogen) atoms. The molecular formula is C19H33N5O6. The molecule has 5 N–H and O–H groups in total. The number of nitrogens with zero attached hydrogens (tertiary/aromatic N) is 1. The molecule has 1 fully saturated rings. The number of nitrogens with two attached hydrogens (primary N) is 1. The van der Waals surface area contributed by atoms with Gasteiger partial charge in [0.15, 0.2) is 0 Å². The number of nitrogens with one attached hydrogen (secondary N) is 3. The summed E-state index contributed by atoms with van der Waals surface area (Å²) < 4.78 is 5.10. The molecule has 1 aliphatic heterocycles. The molecule has 0 unspecified atom stereocenters. The van der Waals surface area contributed by atoms with Crippen molar-refractivity contribution in [1.82, 2.24) is 20.9 Å². The van der Waals surface area contributed by atoms with Gasteiger partial charge >= 0.3 is 6.09 Å². The number of primary amides is 1. The molecule has 1 aliphatic rings. The first-order valence-corrected chi connectivity index (χ1v) is 9.93. The van der Waals surface area contributed by atoms with Gasteiger partial charge in [0, 0.05) is 6.54 Å². The van der Waals surface area contributed by atoms with Crippen molar-refractivity contribution < 1.29 is 28.7 Å². The van der Waals surface area contributed by atoms with Crippen LogP contribution >= 0.6 is 0 Å². The molecule has 0 aliphatic carbocycles. The maximum Gasteiger partial charge on any atom is 0.408 e. The predicted molar refractivity (Wildman–Crippen MR) is 108 cm³/mol. The number of carbonyl (C=O) groups is 5. The zero-order chi connectivity index (χ0) is 23.2. The monoisotopic (exact) mass is 427 g/mol. The van der Waals surface area contributed by atoms with E-state index in [9.17, 15) is 24.0 Å². The van der Waals surface area contributed by atoms with Crippen molar-refractivity contribution in [3.63, 3.8) is 0 Å². The highest BCUT2D eigenvalue weighted by molar-refractivity contribution is 5.95. The van der Waals surface area contributed by atoms with Crippen molar-refractivity contribution in [2.24, 2.45) is 5.73 Å². The first kappa shape index (κ1) is 25.2. The van der Waals surface area contributed by atoms with Crippen molar-refractivity contribution in [1.29, 1.82) is 0 Å². The summed E-state index contributed by atoms with van der Waals surface area (Å²) in [5.74, 6) is -2.14. The van der Waals surface area contributed by atoms with E-state index in [1.165, 1.54) is 25.7 Å². The third kappa shape index (κ3) is 7.53. The molecule has 0 saturated carbocycles. The lowest BCUT2D eigenvalue weighted by atomic mass is 10.1. The van der Waals surface area contributed by atoms with E-state index in [1.807, 2.05) is 0 Å².